The van der Waals surface area contributed by atoms with Crippen LogP contribution in [0.25, 0.3) is 22.7 Å². The van der Waals surface area contributed by atoms with E-state index in [0.717, 1.165) is 0 Å². The van der Waals surface area contributed by atoms with Crippen molar-refractivity contribution in [2.75, 3.05) is 0 Å². The average molecular weight is 274 g/mol. The summed E-state index contributed by atoms with van der Waals surface area (Å²) in [4.78, 5) is 19.5. The highest BCUT2D eigenvalue weighted by molar-refractivity contribution is 6.30. The summed E-state index contributed by atoms with van der Waals surface area (Å²) in [6.45, 7) is 0. The molecule has 5 nitrogen and oxygen atoms in total. The second kappa shape index (κ2) is 4.37. The van der Waals surface area contributed by atoms with Gasteiger partial charge in [0.1, 0.15) is 5.52 Å². The average Bonchev–Trinajstić information content (AvgIpc) is 2.81. The van der Waals surface area contributed by atoms with E-state index >= 15 is 0 Å². The molecular formula is C13H8ClN3O2. The summed E-state index contributed by atoms with van der Waals surface area (Å²) in [5.41, 5.74) is 7.24. The van der Waals surface area contributed by atoms with Crippen molar-refractivity contribution in [2.45, 2.75) is 0 Å². The van der Waals surface area contributed by atoms with Crippen LogP contribution in [0.2, 0.25) is 5.02 Å². The molecule has 2 heterocycles. The molecule has 0 aliphatic carbocycles. The van der Waals surface area contributed by atoms with Gasteiger partial charge >= 0.3 is 0 Å². The number of benzene rings is 1. The Labute approximate surface area is 113 Å². The van der Waals surface area contributed by atoms with Gasteiger partial charge in [-0.05, 0) is 24.3 Å². The van der Waals surface area contributed by atoms with E-state index in [0.29, 0.717) is 33.3 Å². The van der Waals surface area contributed by atoms with Gasteiger partial charge in [0.2, 0.25) is 17.5 Å². The molecule has 0 aliphatic heterocycles. The Morgan fingerprint density at radius 2 is 2.16 bits per heavy atom. The van der Waals surface area contributed by atoms with Crippen LogP contribution in [0.4, 0.5) is 0 Å². The largest absolute Gasteiger partial charge is 0.418 e. The van der Waals surface area contributed by atoms with Crippen molar-refractivity contribution in [1.82, 2.24) is 9.97 Å². The monoisotopic (exact) mass is 273 g/mol. The fourth-order valence-corrected chi connectivity index (χ4v) is 1.88. The van der Waals surface area contributed by atoms with Crippen LogP contribution in [0.5, 0.6) is 0 Å². The lowest BCUT2D eigenvalue weighted by Gasteiger charge is -1.97. The van der Waals surface area contributed by atoms with Gasteiger partial charge in [0.25, 0.3) is 0 Å². The number of nitrogens with two attached hydrogens (primary N) is 1. The quantitative estimate of drug-likeness (QED) is 0.778. The number of primary amides is 1. The zero-order chi connectivity index (χ0) is 13.4. The van der Waals surface area contributed by atoms with Crippen molar-refractivity contribution in [3.05, 3.63) is 47.1 Å². The normalized spacial score (nSPS) is 10.8. The van der Waals surface area contributed by atoms with E-state index in [-0.39, 0.29) is 0 Å². The van der Waals surface area contributed by atoms with Gasteiger partial charge in [-0.3, -0.25) is 4.79 Å². The number of hydrogen-bond donors (Lipinski definition) is 1. The number of carbonyl (C=O) groups excluding carboxylic acids is 1. The first kappa shape index (κ1) is 11.7. The summed E-state index contributed by atoms with van der Waals surface area (Å²) in [5.74, 6) is -0.132. The van der Waals surface area contributed by atoms with Crippen LogP contribution in [-0.4, -0.2) is 15.9 Å². The highest BCUT2D eigenvalue weighted by atomic mass is 35.5. The van der Waals surface area contributed by atoms with Crippen molar-refractivity contribution in [3.63, 3.8) is 0 Å². The number of oxazole rings is 1. The van der Waals surface area contributed by atoms with Crippen molar-refractivity contribution in [3.8, 4) is 11.5 Å². The molecular weight excluding hydrogens is 266 g/mol. The molecule has 3 aromatic rings. The van der Waals surface area contributed by atoms with E-state index in [9.17, 15) is 4.79 Å². The molecule has 0 saturated heterocycles. The van der Waals surface area contributed by atoms with Crippen molar-refractivity contribution in [1.29, 1.82) is 0 Å². The maximum Gasteiger partial charge on any atom is 0.248 e. The van der Waals surface area contributed by atoms with Crippen LogP contribution >= 0.6 is 11.6 Å². The lowest BCUT2D eigenvalue weighted by Crippen LogP contribution is -2.10. The summed E-state index contributed by atoms with van der Waals surface area (Å²) in [5, 5.41) is 0.484. The molecule has 0 bridgehead atoms. The first-order valence-electron chi connectivity index (χ1n) is 5.46. The molecule has 2 N–H and O–H groups in total. The molecule has 0 aliphatic rings. The molecule has 0 radical (unpaired) electrons. The summed E-state index contributed by atoms with van der Waals surface area (Å²) in [6, 6.07) is 8.40. The summed E-state index contributed by atoms with van der Waals surface area (Å²) >= 11 is 5.84. The minimum atomic E-state index is -0.501. The Bertz CT molecular complexity index is 782. The van der Waals surface area contributed by atoms with Gasteiger partial charge in [-0.2, -0.15) is 0 Å². The standard InChI is InChI=1S/C13H8ClN3O2/c14-9-5-10-13(16-6-9)19-12(17-10)8-3-1-2-7(4-8)11(15)18/h1-6H,(H2,15,18). The highest BCUT2D eigenvalue weighted by Crippen LogP contribution is 2.25. The molecule has 3 rings (SSSR count). The van der Waals surface area contributed by atoms with Gasteiger partial charge in [-0.15, -0.1) is 0 Å². The fourth-order valence-electron chi connectivity index (χ4n) is 1.73. The van der Waals surface area contributed by atoms with Crippen LogP contribution in [0, 0.1) is 0 Å². The Balaban J connectivity index is 2.13. The minimum absolute atomic E-state index is 0.368. The van der Waals surface area contributed by atoms with Crippen LogP contribution < -0.4 is 5.73 Å². The van der Waals surface area contributed by atoms with E-state index in [2.05, 4.69) is 9.97 Å². The third kappa shape index (κ3) is 2.15. The van der Waals surface area contributed by atoms with Gasteiger partial charge in [0.15, 0.2) is 0 Å². The Morgan fingerprint density at radius 3 is 2.95 bits per heavy atom. The second-order valence-electron chi connectivity index (χ2n) is 3.94. The summed E-state index contributed by atoms with van der Waals surface area (Å²) in [7, 11) is 0. The molecule has 19 heavy (non-hydrogen) atoms. The molecule has 2 aromatic heterocycles. The predicted molar refractivity (Wildman–Crippen MR) is 70.8 cm³/mol. The highest BCUT2D eigenvalue weighted by Gasteiger charge is 2.11. The van der Waals surface area contributed by atoms with E-state index in [1.54, 1.807) is 30.3 Å². The zero-order valence-electron chi connectivity index (χ0n) is 9.63. The molecule has 0 unspecified atom stereocenters. The summed E-state index contributed by atoms with van der Waals surface area (Å²) in [6.07, 6.45) is 1.48. The second-order valence-corrected chi connectivity index (χ2v) is 4.38. The number of aromatic nitrogens is 2. The Kier molecular flexibility index (Phi) is 2.68. The van der Waals surface area contributed by atoms with E-state index < -0.39 is 5.91 Å². The molecule has 1 aromatic carbocycles. The topological polar surface area (TPSA) is 82.0 Å². The third-order valence-electron chi connectivity index (χ3n) is 2.61. The number of rotatable bonds is 2. The molecule has 0 atom stereocenters. The first-order valence-corrected chi connectivity index (χ1v) is 5.83. The van der Waals surface area contributed by atoms with Gasteiger partial charge in [0, 0.05) is 17.3 Å². The van der Waals surface area contributed by atoms with E-state index in [4.69, 9.17) is 21.8 Å². The molecule has 1 amide bonds. The van der Waals surface area contributed by atoms with Gasteiger partial charge in [-0.25, -0.2) is 9.97 Å². The predicted octanol–water partition coefficient (Wildman–Crippen LogP) is 2.64. The fraction of sp³-hybridized carbons (Fsp3) is 0. The summed E-state index contributed by atoms with van der Waals surface area (Å²) < 4.78 is 5.51. The Morgan fingerprint density at radius 1 is 1.32 bits per heavy atom. The number of nitrogens with zero attached hydrogens (tertiary/aromatic N) is 2. The molecule has 0 saturated carbocycles. The third-order valence-corrected chi connectivity index (χ3v) is 2.81. The van der Waals surface area contributed by atoms with Crippen LogP contribution in [0.1, 0.15) is 10.4 Å². The van der Waals surface area contributed by atoms with Gasteiger partial charge < -0.3 is 10.2 Å². The van der Waals surface area contributed by atoms with Crippen LogP contribution in [-0.2, 0) is 0 Å². The van der Waals surface area contributed by atoms with Crippen LogP contribution in [0.3, 0.4) is 0 Å². The van der Waals surface area contributed by atoms with Crippen molar-refractivity contribution in [2.24, 2.45) is 5.73 Å². The van der Waals surface area contributed by atoms with Crippen LogP contribution in [0.15, 0.2) is 40.9 Å². The number of hydrogen-bond acceptors (Lipinski definition) is 4. The van der Waals surface area contributed by atoms with Crippen molar-refractivity contribution >= 4 is 28.7 Å². The van der Waals surface area contributed by atoms with E-state index in [1.165, 1.54) is 6.20 Å². The molecule has 0 spiro atoms. The smallest absolute Gasteiger partial charge is 0.248 e. The maximum atomic E-state index is 11.1. The molecule has 6 heteroatoms. The lowest BCUT2D eigenvalue weighted by atomic mass is 10.1. The number of fused-ring (bicyclic) bond motifs is 1. The van der Waals surface area contributed by atoms with E-state index in [1.807, 2.05) is 0 Å². The number of carbonyl (C=O) groups is 1. The van der Waals surface area contributed by atoms with Gasteiger partial charge in [-0.1, -0.05) is 17.7 Å². The molecule has 0 fully saturated rings. The Hall–Kier alpha value is -2.40. The SMILES string of the molecule is NC(=O)c1cccc(-c2nc3cc(Cl)cnc3o2)c1. The van der Waals surface area contributed by atoms with Gasteiger partial charge in [0.05, 0.1) is 5.02 Å². The van der Waals surface area contributed by atoms with Crippen molar-refractivity contribution < 1.29 is 9.21 Å². The molecule has 94 valence electrons. The maximum absolute atomic E-state index is 11.1. The number of halogens is 1. The zero-order valence-corrected chi connectivity index (χ0v) is 10.4. The number of pyridine rings is 1. The minimum Gasteiger partial charge on any atom is -0.418 e. The number of amides is 1. The lowest BCUT2D eigenvalue weighted by molar-refractivity contribution is 0.100. The first-order chi connectivity index (χ1) is 9.13.